The molecule has 18 heavy (non-hydrogen) atoms. The van der Waals surface area contributed by atoms with Crippen LogP contribution in [-0.4, -0.2) is 54.0 Å². The molecule has 0 radical (unpaired) electrons. The predicted octanol–water partition coefficient (Wildman–Crippen LogP) is 0.327. The Labute approximate surface area is 108 Å². The van der Waals surface area contributed by atoms with E-state index in [2.05, 4.69) is 0 Å². The number of aliphatic hydroxyl groups is 1. The molecule has 0 aromatic rings. The van der Waals surface area contributed by atoms with Crippen molar-refractivity contribution in [1.29, 1.82) is 0 Å². The van der Waals surface area contributed by atoms with Crippen molar-refractivity contribution in [2.75, 3.05) is 18.8 Å². The van der Waals surface area contributed by atoms with Crippen molar-refractivity contribution >= 4 is 15.7 Å². The van der Waals surface area contributed by atoms with E-state index < -0.39 is 20.7 Å². The van der Waals surface area contributed by atoms with Gasteiger partial charge >= 0.3 is 0 Å². The molecule has 0 bridgehead atoms. The van der Waals surface area contributed by atoms with E-state index in [-0.39, 0.29) is 24.7 Å². The van der Waals surface area contributed by atoms with Crippen molar-refractivity contribution in [2.45, 2.75) is 49.9 Å². The van der Waals surface area contributed by atoms with Crippen molar-refractivity contribution in [3.8, 4) is 0 Å². The van der Waals surface area contributed by atoms with Crippen LogP contribution in [0.3, 0.4) is 0 Å². The third-order valence-corrected chi connectivity index (χ3v) is 6.01. The summed E-state index contributed by atoms with van der Waals surface area (Å²) in [5, 5.41) is 9.15. The third kappa shape index (κ3) is 2.54. The summed E-state index contributed by atoms with van der Waals surface area (Å²) in [5.41, 5.74) is -0.789. The molecule has 2 rings (SSSR count). The van der Waals surface area contributed by atoms with Gasteiger partial charge in [0.15, 0.2) is 9.84 Å². The molecule has 1 N–H and O–H groups in total. The van der Waals surface area contributed by atoms with Crippen LogP contribution in [0.2, 0.25) is 0 Å². The normalized spacial score (nSPS) is 29.7. The largest absolute Gasteiger partial charge is 0.386 e. The Kier molecular flexibility index (Phi) is 3.69. The van der Waals surface area contributed by atoms with Gasteiger partial charge < -0.3 is 10.0 Å². The zero-order valence-electron chi connectivity index (χ0n) is 10.8. The van der Waals surface area contributed by atoms with Crippen LogP contribution < -0.4 is 0 Å². The molecule has 2 aliphatic rings. The second kappa shape index (κ2) is 4.81. The minimum Gasteiger partial charge on any atom is -0.386 e. The van der Waals surface area contributed by atoms with Crippen LogP contribution in [-0.2, 0) is 14.6 Å². The van der Waals surface area contributed by atoms with Gasteiger partial charge in [0.05, 0.1) is 24.4 Å². The van der Waals surface area contributed by atoms with Gasteiger partial charge in [-0.05, 0) is 19.3 Å². The highest BCUT2D eigenvalue weighted by atomic mass is 32.2. The lowest BCUT2D eigenvalue weighted by molar-refractivity contribution is -0.156. The highest BCUT2D eigenvalue weighted by Gasteiger charge is 2.47. The SMILES string of the molecule is CCCC1(O)CN(C(=O)C2CCCCS2(=O)=O)C1. The third-order valence-electron chi connectivity index (χ3n) is 3.85. The maximum Gasteiger partial charge on any atom is 0.241 e. The molecule has 0 aromatic carbocycles. The Morgan fingerprint density at radius 3 is 2.61 bits per heavy atom. The summed E-state index contributed by atoms with van der Waals surface area (Å²) >= 11 is 0. The summed E-state index contributed by atoms with van der Waals surface area (Å²) in [7, 11) is -3.27. The number of hydrogen-bond acceptors (Lipinski definition) is 4. The number of amides is 1. The summed E-state index contributed by atoms with van der Waals surface area (Å²) in [6.07, 6.45) is 3.41. The Morgan fingerprint density at radius 2 is 2.06 bits per heavy atom. The minimum absolute atomic E-state index is 0.122. The zero-order chi connectivity index (χ0) is 13.4. The first-order valence-corrected chi connectivity index (χ1v) is 8.32. The van der Waals surface area contributed by atoms with Crippen molar-refractivity contribution in [1.82, 2.24) is 4.90 Å². The van der Waals surface area contributed by atoms with E-state index in [0.717, 1.165) is 12.8 Å². The smallest absolute Gasteiger partial charge is 0.241 e. The van der Waals surface area contributed by atoms with Crippen LogP contribution in [0.15, 0.2) is 0 Å². The highest BCUT2D eigenvalue weighted by molar-refractivity contribution is 7.92. The quantitative estimate of drug-likeness (QED) is 0.805. The van der Waals surface area contributed by atoms with Crippen molar-refractivity contribution < 1.29 is 18.3 Å². The number of β-amino-alcohol motifs (C(OH)–C–C–N with tert-alkyl or cyclic N) is 1. The number of rotatable bonds is 3. The second-order valence-electron chi connectivity index (χ2n) is 5.52. The van der Waals surface area contributed by atoms with Crippen LogP contribution >= 0.6 is 0 Å². The zero-order valence-corrected chi connectivity index (χ0v) is 11.6. The molecule has 2 heterocycles. The van der Waals surface area contributed by atoms with Crippen molar-refractivity contribution in [3.63, 3.8) is 0 Å². The molecule has 2 aliphatic heterocycles. The van der Waals surface area contributed by atoms with E-state index in [9.17, 15) is 18.3 Å². The number of nitrogens with zero attached hydrogens (tertiary/aromatic N) is 1. The second-order valence-corrected chi connectivity index (χ2v) is 7.82. The molecule has 2 saturated heterocycles. The summed E-state index contributed by atoms with van der Waals surface area (Å²) in [6, 6.07) is 0. The first-order valence-electron chi connectivity index (χ1n) is 6.61. The van der Waals surface area contributed by atoms with Crippen molar-refractivity contribution in [2.24, 2.45) is 0 Å². The molecular weight excluding hydrogens is 254 g/mol. The first-order chi connectivity index (χ1) is 8.38. The van der Waals surface area contributed by atoms with Crippen LogP contribution in [0.5, 0.6) is 0 Å². The molecule has 0 saturated carbocycles. The molecular formula is C12H21NO4S. The Balaban J connectivity index is 1.97. The molecule has 104 valence electrons. The van der Waals surface area contributed by atoms with Crippen LogP contribution in [0, 0.1) is 0 Å². The van der Waals surface area contributed by atoms with Crippen LogP contribution in [0.4, 0.5) is 0 Å². The minimum atomic E-state index is -3.27. The highest BCUT2D eigenvalue weighted by Crippen LogP contribution is 2.29. The molecule has 1 unspecified atom stereocenters. The molecule has 6 heteroatoms. The average molecular weight is 275 g/mol. The molecule has 2 fully saturated rings. The number of carbonyl (C=O) groups is 1. The number of carbonyl (C=O) groups excluding carboxylic acids is 1. The number of sulfone groups is 1. The van der Waals surface area contributed by atoms with Gasteiger partial charge in [0.1, 0.15) is 5.25 Å². The summed E-state index contributed by atoms with van der Waals surface area (Å²) in [6.45, 7) is 2.55. The average Bonchev–Trinajstić information content (AvgIpc) is 2.24. The summed E-state index contributed by atoms with van der Waals surface area (Å²) in [4.78, 5) is 13.6. The van der Waals surface area contributed by atoms with E-state index in [1.807, 2.05) is 6.92 Å². The van der Waals surface area contributed by atoms with Gasteiger partial charge in [-0.25, -0.2) is 8.42 Å². The van der Waals surface area contributed by atoms with Gasteiger partial charge in [-0.15, -0.1) is 0 Å². The van der Waals surface area contributed by atoms with Crippen LogP contribution in [0.1, 0.15) is 39.0 Å². The fraction of sp³-hybridized carbons (Fsp3) is 0.917. The van der Waals surface area contributed by atoms with Gasteiger partial charge in [0.2, 0.25) is 5.91 Å². The Morgan fingerprint density at radius 1 is 1.39 bits per heavy atom. The predicted molar refractivity (Wildman–Crippen MR) is 67.9 cm³/mol. The van der Waals surface area contributed by atoms with E-state index in [0.29, 0.717) is 19.3 Å². The molecule has 0 spiro atoms. The molecule has 5 nitrogen and oxygen atoms in total. The Hall–Kier alpha value is -0.620. The fourth-order valence-electron chi connectivity index (χ4n) is 2.88. The fourth-order valence-corrected chi connectivity index (χ4v) is 4.75. The monoisotopic (exact) mass is 275 g/mol. The molecule has 1 amide bonds. The van der Waals surface area contributed by atoms with E-state index in [4.69, 9.17) is 0 Å². The summed E-state index contributed by atoms with van der Waals surface area (Å²) < 4.78 is 23.7. The Bertz CT molecular complexity index is 425. The van der Waals surface area contributed by atoms with Gasteiger partial charge in [0.25, 0.3) is 0 Å². The topological polar surface area (TPSA) is 74.7 Å². The lowest BCUT2D eigenvalue weighted by Gasteiger charge is -2.47. The van der Waals surface area contributed by atoms with E-state index >= 15 is 0 Å². The molecule has 0 aromatic heterocycles. The van der Waals surface area contributed by atoms with Crippen molar-refractivity contribution in [3.05, 3.63) is 0 Å². The van der Waals surface area contributed by atoms with Gasteiger partial charge in [-0.2, -0.15) is 0 Å². The van der Waals surface area contributed by atoms with Gasteiger partial charge in [-0.3, -0.25) is 4.79 Å². The standard InChI is InChI=1S/C12H21NO4S/c1-2-6-12(15)8-13(9-12)11(14)10-5-3-4-7-18(10,16)17/h10,15H,2-9H2,1H3. The maximum atomic E-state index is 12.1. The van der Waals surface area contributed by atoms with Gasteiger partial charge in [0, 0.05) is 0 Å². The first kappa shape index (κ1) is 13.8. The maximum absolute atomic E-state index is 12.1. The number of hydrogen-bond donors (Lipinski definition) is 1. The van der Waals surface area contributed by atoms with Crippen LogP contribution in [0.25, 0.3) is 0 Å². The van der Waals surface area contributed by atoms with E-state index in [1.54, 1.807) is 0 Å². The lowest BCUT2D eigenvalue weighted by atomic mass is 9.89. The molecule has 0 aliphatic carbocycles. The van der Waals surface area contributed by atoms with Gasteiger partial charge in [-0.1, -0.05) is 19.8 Å². The molecule has 1 atom stereocenters. The summed E-state index contributed by atoms with van der Waals surface area (Å²) in [5.74, 6) is -0.188. The van der Waals surface area contributed by atoms with E-state index in [1.165, 1.54) is 4.90 Å². The number of likely N-dealkylation sites (tertiary alicyclic amines) is 1. The lowest BCUT2D eigenvalue weighted by Crippen LogP contribution is -2.65.